The van der Waals surface area contributed by atoms with Gasteiger partial charge in [-0.3, -0.25) is 0 Å². The van der Waals surface area contributed by atoms with Crippen molar-refractivity contribution in [2.45, 2.75) is 0 Å². The summed E-state index contributed by atoms with van der Waals surface area (Å²) in [5, 5.41) is 7.81. The normalized spacial score (nSPS) is 6.17. The molecule has 0 rings (SSSR count). The largest absolute Gasteiger partial charge is 0.193 e. The molecular weight excluding hydrogens is 114 g/mol. The number of hydrogen-bond acceptors (Lipinski definition) is 3. The van der Waals surface area contributed by atoms with Crippen LogP contribution in [0.5, 0.6) is 0 Å². The summed E-state index contributed by atoms with van der Waals surface area (Å²) in [6.45, 7) is 0. The number of rotatable bonds is 0. The highest BCUT2D eigenvalue weighted by Gasteiger charge is 1.68. The van der Waals surface area contributed by atoms with Gasteiger partial charge in [0.25, 0.3) is 0 Å². The van der Waals surface area contributed by atoms with Gasteiger partial charge in [0.15, 0.2) is 0 Å². The van der Waals surface area contributed by atoms with Gasteiger partial charge in [-0.1, -0.05) is 0 Å². The minimum atomic E-state index is 0.442. The topological polar surface area (TPSA) is 23.8 Å². The van der Waals surface area contributed by atoms with Gasteiger partial charge in [0, 0.05) is 10.3 Å². The highest BCUT2D eigenvalue weighted by molar-refractivity contribution is 8.05. The van der Waals surface area contributed by atoms with Crippen LogP contribution in [0.15, 0.2) is 10.3 Å². The molecule has 1 nitrogen and oxygen atoms in total. The Morgan fingerprint density at radius 1 is 1.67 bits per heavy atom. The number of thiol groups is 2. The lowest BCUT2D eigenvalue weighted by molar-refractivity contribution is 1.54. The summed E-state index contributed by atoms with van der Waals surface area (Å²) in [5.41, 5.74) is 0. The quantitative estimate of drug-likeness (QED) is 0.361. The van der Waals surface area contributed by atoms with E-state index in [2.05, 4.69) is 25.3 Å². The van der Waals surface area contributed by atoms with Gasteiger partial charge in [0.1, 0.15) is 0 Å². The van der Waals surface area contributed by atoms with Crippen molar-refractivity contribution in [1.29, 1.82) is 5.26 Å². The van der Waals surface area contributed by atoms with Crippen LogP contribution in [-0.2, 0) is 0 Å². The van der Waals surface area contributed by atoms with Crippen molar-refractivity contribution in [3.63, 3.8) is 0 Å². The van der Waals surface area contributed by atoms with Gasteiger partial charge in [0.2, 0.25) is 0 Å². The highest BCUT2D eigenvalue weighted by Crippen LogP contribution is 2.01. The Morgan fingerprint density at radius 3 is 2.17 bits per heavy atom. The molecule has 0 fully saturated rings. The van der Waals surface area contributed by atoms with Crippen LogP contribution in [0.2, 0.25) is 0 Å². The van der Waals surface area contributed by atoms with Crippen LogP contribution < -0.4 is 0 Å². The van der Waals surface area contributed by atoms with E-state index in [-0.39, 0.29) is 0 Å². The second-order valence-electron chi connectivity index (χ2n) is 0.632. The third kappa shape index (κ3) is 3.93. The molecule has 3 heteroatoms. The van der Waals surface area contributed by atoms with Crippen LogP contribution in [0.3, 0.4) is 0 Å². The molecule has 0 unspecified atom stereocenters. The molecule has 0 aliphatic heterocycles. The van der Waals surface area contributed by atoms with E-state index < -0.39 is 0 Å². The summed E-state index contributed by atoms with van der Waals surface area (Å²) in [4.78, 5) is 0. The average molecular weight is 117 g/mol. The Balaban J connectivity index is 3.51. The van der Waals surface area contributed by atoms with E-state index >= 15 is 0 Å². The molecule has 0 saturated carbocycles. The van der Waals surface area contributed by atoms with Crippen LogP contribution in [0.1, 0.15) is 0 Å². The maximum atomic E-state index is 7.81. The molecule has 0 radical (unpaired) electrons. The first-order valence-corrected chi connectivity index (χ1v) is 2.14. The first-order chi connectivity index (χ1) is 2.77. The van der Waals surface area contributed by atoms with Crippen molar-refractivity contribution in [1.82, 2.24) is 0 Å². The Hall–Kier alpha value is -0.0700. The minimum Gasteiger partial charge on any atom is -0.193 e. The van der Waals surface area contributed by atoms with E-state index in [4.69, 9.17) is 5.26 Å². The Labute approximate surface area is 47.5 Å². The molecule has 0 saturated heterocycles. The molecule has 0 atom stereocenters. The molecule has 0 bridgehead atoms. The maximum Gasteiger partial charge on any atom is 0.0929 e. The summed E-state index contributed by atoms with van der Waals surface area (Å²) < 4.78 is 0.442. The van der Waals surface area contributed by atoms with Gasteiger partial charge in [0.05, 0.1) is 6.07 Å². The van der Waals surface area contributed by atoms with Crippen molar-refractivity contribution in [3.05, 3.63) is 10.3 Å². The van der Waals surface area contributed by atoms with Gasteiger partial charge < -0.3 is 0 Å². The van der Waals surface area contributed by atoms with Gasteiger partial charge >= 0.3 is 0 Å². The zero-order chi connectivity index (χ0) is 4.99. The monoisotopic (exact) mass is 117 g/mol. The fourth-order valence-corrected chi connectivity index (χ4v) is 0.173. The third-order valence-corrected chi connectivity index (χ3v) is 0.452. The van der Waals surface area contributed by atoms with Gasteiger partial charge in [-0.2, -0.15) is 5.26 Å². The second kappa shape index (κ2) is 3.13. The Bertz CT molecular complexity index is 95.9. The van der Waals surface area contributed by atoms with Gasteiger partial charge in [-0.25, -0.2) is 0 Å². The van der Waals surface area contributed by atoms with Gasteiger partial charge in [-0.05, 0) is 0 Å². The molecule has 0 aliphatic rings. The standard InChI is InChI=1S/C3H3NS2/c4-2-1-3(5)6/h1,5-6H. The molecule has 6 heavy (non-hydrogen) atoms. The van der Waals surface area contributed by atoms with E-state index in [9.17, 15) is 0 Å². The SMILES string of the molecule is N#CC=C(S)S. The average Bonchev–Trinajstić information content (AvgIpc) is 1.35. The summed E-state index contributed by atoms with van der Waals surface area (Å²) in [7, 11) is 0. The first kappa shape index (κ1) is 5.93. The predicted octanol–water partition coefficient (Wildman–Crippen LogP) is 1.21. The second-order valence-corrected chi connectivity index (χ2v) is 1.95. The first-order valence-electron chi connectivity index (χ1n) is 1.25. The van der Waals surface area contributed by atoms with Crippen LogP contribution >= 0.6 is 25.3 Å². The molecular formula is C3H3NS2. The number of nitriles is 1. The van der Waals surface area contributed by atoms with Crippen molar-refractivity contribution < 1.29 is 0 Å². The van der Waals surface area contributed by atoms with E-state index in [0.29, 0.717) is 4.24 Å². The van der Waals surface area contributed by atoms with Crippen molar-refractivity contribution in [2.75, 3.05) is 0 Å². The van der Waals surface area contributed by atoms with Gasteiger partial charge in [-0.15, -0.1) is 25.3 Å². The van der Waals surface area contributed by atoms with Crippen LogP contribution in [0, 0.1) is 11.3 Å². The zero-order valence-electron chi connectivity index (χ0n) is 2.92. The maximum absolute atomic E-state index is 7.81. The highest BCUT2D eigenvalue weighted by atomic mass is 32.2. The van der Waals surface area contributed by atoms with E-state index in [1.165, 1.54) is 6.08 Å². The predicted molar refractivity (Wildman–Crippen MR) is 31.7 cm³/mol. The van der Waals surface area contributed by atoms with Crippen molar-refractivity contribution in [2.24, 2.45) is 0 Å². The Morgan fingerprint density at radius 2 is 2.17 bits per heavy atom. The number of allylic oxidation sites excluding steroid dienone is 1. The van der Waals surface area contributed by atoms with Crippen LogP contribution in [-0.4, -0.2) is 0 Å². The van der Waals surface area contributed by atoms with Crippen LogP contribution in [0.4, 0.5) is 0 Å². The smallest absolute Gasteiger partial charge is 0.0929 e. The number of nitrogens with zero attached hydrogens (tertiary/aromatic N) is 1. The summed E-state index contributed by atoms with van der Waals surface area (Å²) in [5.74, 6) is 0. The molecule has 0 spiro atoms. The molecule has 0 aliphatic carbocycles. The molecule has 32 valence electrons. The summed E-state index contributed by atoms with van der Waals surface area (Å²) in [6.07, 6.45) is 1.24. The molecule has 0 N–H and O–H groups in total. The fraction of sp³-hybridized carbons (Fsp3) is 0. The molecule has 0 aromatic carbocycles. The lowest BCUT2D eigenvalue weighted by Gasteiger charge is -1.69. The molecule has 0 heterocycles. The third-order valence-electron chi connectivity index (χ3n) is 0.194. The van der Waals surface area contributed by atoms with Crippen LogP contribution in [0.25, 0.3) is 0 Å². The molecule has 0 amide bonds. The summed E-state index contributed by atoms with van der Waals surface area (Å²) >= 11 is 7.36. The van der Waals surface area contributed by atoms with Crippen molar-refractivity contribution >= 4 is 25.3 Å². The molecule has 0 aromatic heterocycles. The Kier molecular flexibility index (Phi) is 3.10. The minimum absolute atomic E-state index is 0.442. The van der Waals surface area contributed by atoms with E-state index in [0.717, 1.165) is 0 Å². The lowest BCUT2D eigenvalue weighted by atomic mass is 10.7. The summed E-state index contributed by atoms with van der Waals surface area (Å²) in [6, 6.07) is 1.75. The number of hydrogen-bond donors (Lipinski definition) is 2. The van der Waals surface area contributed by atoms with Crippen molar-refractivity contribution in [3.8, 4) is 6.07 Å². The lowest BCUT2D eigenvalue weighted by Crippen LogP contribution is -1.44. The fourth-order valence-electron chi connectivity index (χ4n) is 0.0577. The van der Waals surface area contributed by atoms with E-state index in [1.807, 2.05) is 0 Å². The molecule has 0 aromatic rings. The zero-order valence-corrected chi connectivity index (χ0v) is 4.71. The van der Waals surface area contributed by atoms with E-state index in [1.54, 1.807) is 6.07 Å².